The molecule has 0 bridgehead atoms. The molecule has 3 N–H and O–H groups in total. The lowest BCUT2D eigenvalue weighted by molar-refractivity contribution is -0.124. The molecule has 0 atom stereocenters. The normalized spacial score (nSPS) is 19.9. The molecule has 1 saturated heterocycles. The van der Waals surface area contributed by atoms with Gasteiger partial charge in [0.05, 0.1) is 32.0 Å². The molecular formula is C25H37N3O6. The molecule has 1 heterocycles. The molecule has 1 aromatic carbocycles. The van der Waals surface area contributed by atoms with Gasteiger partial charge in [0, 0.05) is 64.9 Å². The number of aliphatic hydroxyl groups excluding tert-OH is 2. The van der Waals surface area contributed by atoms with E-state index in [1.165, 1.54) is 0 Å². The van der Waals surface area contributed by atoms with Crippen LogP contribution in [-0.4, -0.2) is 110 Å². The van der Waals surface area contributed by atoms with Crippen molar-refractivity contribution in [3.63, 3.8) is 0 Å². The maximum Gasteiger partial charge on any atom is 0.168 e. The van der Waals surface area contributed by atoms with Crippen LogP contribution in [0.3, 0.4) is 0 Å². The van der Waals surface area contributed by atoms with Gasteiger partial charge in [0.15, 0.2) is 11.6 Å². The van der Waals surface area contributed by atoms with Crippen molar-refractivity contribution in [3.8, 4) is 5.75 Å². The van der Waals surface area contributed by atoms with Gasteiger partial charge in [0.25, 0.3) is 0 Å². The number of Topliss-reactive ketones (excluding diaryl/α,β-unsaturated/α-hetero) is 2. The fourth-order valence-corrected chi connectivity index (χ4v) is 4.31. The third kappa shape index (κ3) is 8.18. The Bertz CT molecular complexity index is 803. The van der Waals surface area contributed by atoms with Gasteiger partial charge in [-0.1, -0.05) is 12.1 Å². The number of hydrogen-bond acceptors (Lipinski definition) is 9. The van der Waals surface area contributed by atoms with Crippen LogP contribution in [0.25, 0.3) is 0 Å². The molecule has 0 spiro atoms. The first kappa shape index (κ1) is 26.3. The summed E-state index contributed by atoms with van der Waals surface area (Å²) in [6.45, 7) is 7.25. The van der Waals surface area contributed by atoms with Crippen LogP contribution in [-0.2, 0) is 14.3 Å². The molecular weight excluding hydrogens is 438 g/mol. The molecule has 0 radical (unpaired) electrons. The summed E-state index contributed by atoms with van der Waals surface area (Å²) in [4.78, 5) is 30.0. The standard InChI is InChI=1S/C25H37N3O6/c29-11-10-28-8-6-27(7-9-28)5-4-26-19-23-24(31)17-21(18-25(23)32)20-2-1-3-22(16-20)34-15-14-33-13-12-30/h1-3,16,19,21,26,29-30H,4-15,17-18H2. The van der Waals surface area contributed by atoms with Crippen molar-refractivity contribution in [2.45, 2.75) is 18.8 Å². The summed E-state index contributed by atoms with van der Waals surface area (Å²) in [7, 11) is 0. The lowest BCUT2D eigenvalue weighted by Crippen LogP contribution is -2.48. The Morgan fingerprint density at radius 1 is 0.941 bits per heavy atom. The molecule has 0 unspecified atom stereocenters. The van der Waals surface area contributed by atoms with Gasteiger partial charge < -0.3 is 25.0 Å². The first-order valence-electron chi connectivity index (χ1n) is 12.1. The van der Waals surface area contributed by atoms with Gasteiger partial charge in [0.1, 0.15) is 12.4 Å². The average Bonchev–Trinajstić information content (AvgIpc) is 2.84. The monoisotopic (exact) mass is 475 g/mol. The van der Waals surface area contributed by atoms with E-state index in [4.69, 9.17) is 19.7 Å². The minimum atomic E-state index is -0.151. The van der Waals surface area contributed by atoms with E-state index < -0.39 is 0 Å². The highest BCUT2D eigenvalue weighted by Crippen LogP contribution is 2.33. The zero-order chi connectivity index (χ0) is 24.2. The Balaban J connectivity index is 1.43. The van der Waals surface area contributed by atoms with Gasteiger partial charge in [0.2, 0.25) is 0 Å². The number of carbonyl (C=O) groups is 2. The molecule has 1 saturated carbocycles. The smallest absolute Gasteiger partial charge is 0.168 e. The number of ketones is 2. The quantitative estimate of drug-likeness (QED) is 0.209. The largest absolute Gasteiger partial charge is 0.491 e. The van der Waals surface area contributed by atoms with E-state index in [1.54, 1.807) is 6.20 Å². The zero-order valence-corrected chi connectivity index (χ0v) is 19.8. The molecule has 0 aromatic heterocycles. The number of ether oxygens (including phenoxy) is 2. The molecule has 3 rings (SSSR count). The van der Waals surface area contributed by atoms with Crippen LogP contribution < -0.4 is 10.1 Å². The van der Waals surface area contributed by atoms with Crippen molar-refractivity contribution in [2.24, 2.45) is 0 Å². The van der Waals surface area contributed by atoms with Crippen LogP contribution >= 0.6 is 0 Å². The number of nitrogens with zero attached hydrogens (tertiary/aromatic N) is 2. The Kier molecular flexibility index (Phi) is 11.0. The molecule has 0 amide bonds. The Labute approximate surface area is 201 Å². The van der Waals surface area contributed by atoms with Crippen LogP contribution in [0, 0.1) is 0 Å². The second-order valence-electron chi connectivity index (χ2n) is 8.63. The number of β-amino-alcohol motifs (C(OH)–C–C–N with tert-alkyl or cyclic N) is 1. The van der Waals surface area contributed by atoms with Crippen molar-refractivity contribution in [3.05, 3.63) is 41.6 Å². The van der Waals surface area contributed by atoms with Crippen molar-refractivity contribution in [1.29, 1.82) is 0 Å². The van der Waals surface area contributed by atoms with Gasteiger partial charge in [-0.2, -0.15) is 0 Å². The minimum absolute atomic E-state index is 0.0192. The van der Waals surface area contributed by atoms with E-state index in [0.717, 1.165) is 44.8 Å². The average molecular weight is 476 g/mol. The number of carbonyl (C=O) groups excluding carboxylic acids is 2. The number of rotatable bonds is 13. The topological polar surface area (TPSA) is 112 Å². The van der Waals surface area contributed by atoms with Gasteiger partial charge >= 0.3 is 0 Å². The van der Waals surface area contributed by atoms with Crippen LogP contribution in [0.2, 0.25) is 0 Å². The number of piperazine rings is 1. The first-order chi connectivity index (χ1) is 16.6. The summed E-state index contributed by atoms with van der Waals surface area (Å²) in [6, 6.07) is 7.51. The lowest BCUT2D eigenvalue weighted by atomic mass is 9.80. The van der Waals surface area contributed by atoms with E-state index in [1.807, 2.05) is 24.3 Å². The fraction of sp³-hybridized carbons (Fsp3) is 0.600. The van der Waals surface area contributed by atoms with Gasteiger partial charge in [-0.3, -0.25) is 19.4 Å². The fourth-order valence-electron chi connectivity index (χ4n) is 4.31. The maximum atomic E-state index is 12.7. The summed E-state index contributed by atoms with van der Waals surface area (Å²) < 4.78 is 10.9. The minimum Gasteiger partial charge on any atom is -0.491 e. The van der Waals surface area contributed by atoms with Crippen molar-refractivity contribution < 1.29 is 29.3 Å². The Morgan fingerprint density at radius 3 is 2.32 bits per heavy atom. The number of aliphatic hydroxyl groups is 2. The highest BCUT2D eigenvalue weighted by molar-refractivity contribution is 6.22. The molecule has 1 aromatic rings. The van der Waals surface area contributed by atoms with E-state index >= 15 is 0 Å². The van der Waals surface area contributed by atoms with Gasteiger partial charge in [-0.25, -0.2) is 0 Å². The number of benzene rings is 1. The Morgan fingerprint density at radius 2 is 1.65 bits per heavy atom. The van der Waals surface area contributed by atoms with E-state index in [9.17, 15) is 9.59 Å². The molecule has 2 fully saturated rings. The maximum absolute atomic E-state index is 12.7. The first-order valence-corrected chi connectivity index (χ1v) is 12.1. The summed E-state index contributed by atoms with van der Waals surface area (Å²) in [5.41, 5.74) is 1.18. The molecule has 1 aliphatic carbocycles. The Hall–Kier alpha value is -2.30. The predicted molar refractivity (Wildman–Crippen MR) is 128 cm³/mol. The summed E-state index contributed by atoms with van der Waals surface area (Å²) >= 11 is 0. The van der Waals surface area contributed by atoms with Gasteiger partial charge in [-0.05, 0) is 23.6 Å². The molecule has 9 heteroatoms. The summed E-state index contributed by atoms with van der Waals surface area (Å²) in [5, 5.41) is 20.9. The van der Waals surface area contributed by atoms with Crippen LogP contribution in [0.1, 0.15) is 24.3 Å². The van der Waals surface area contributed by atoms with Crippen LogP contribution in [0.5, 0.6) is 5.75 Å². The lowest BCUT2D eigenvalue weighted by Gasteiger charge is -2.34. The highest BCUT2D eigenvalue weighted by Gasteiger charge is 2.31. The molecule has 1 aliphatic heterocycles. The molecule has 188 valence electrons. The number of nitrogens with one attached hydrogen (secondary N) is 1. The van der Waals surface area contributed by atoms with Crippen molar-refractivity contribution in [2.75, 3.05) is 78.8 Å². The number of allylic oxidation sites excluding steroid dienone is 1. The van der Waals surface area contributed by atoms with Gasteiger partial charge in [-0.15, -0.1) is 0 Å². The van der Waals surface area contributed by atoms with E-state index in [0.29, 0.717) is 38.3 Å². The molecule has 9 nitrogen and oxygen atoms in total. The van der Waals surface area contributed by atoms with Crippen LogP contribution in [0.15, 0.2) is 36.0 Å². The third-order valence-electron chi connectivity index (χ3n) is 6.23. The zero-order valence-electron chi connectivity index (χ0n) is 19.8. The third-order valence-corrected chi connectivity index (χ3v) is 6.23. The van der Waals surface area contributed by atoms with E-state index in [-0.39, 0.29) is 42.9 Å². The number of hydrogen-bond donors (Lipinski definition) is 3. The van der Waals surface area contributed by atoms with E-state index in [2.05, 4.69) is 15.1 Å². The second kappa shape index (κ2) is 14.2. The van der Waals surface area contributed by atoms with Crippen LogP contribution in [0.4, 0.5) is 0 Å². The summed E-state index contributed by atoms with van der Waals surface area (Å²) in [5.74, 6) is 0.261. The highest BCUT2D eigenvalue weighted by atomic mass is 16.5. The summed E-state index contributed by atoms with van der Waals surface area (Å²) in [6.07, 6.45) is 2.19. The SMILES string of the molecule is O=C1CC(c2cccc(OCCOCCO)c2)CC(=O)C1=CNCCN1CCN(CCO)CC1. The van der Waals surface area contributed by atoms with Crippen molar-refractivity contribution >= 4 is 11.6 Å². The molecule has 2 aliphatic rings. The predicted octanol–water partition coefficient (Wildman–Crippen LogP) is 0.173. The second-order valence-corrected chi connectivity index (χ2v) is 8.63. The van der Waals surface area contributed by atoms with Crippen molar-refractivity contribution in [1.82, 2.24) is 15.1 Å². The molecule has 34 heavy (non-hydrogen) atoms.